The molecule has 1 aliphatic carbocycles. The van der Waals surface area contributed by atoms with Gasteiger partial charge in [0.1, 0.15) is 0 Å². The second-order valence-electron chi connectivity index (χ2n) is 6.95. The first-order chi connectivity index (χ1) is 11.3. The minimum Gasteiger partial charge on any atom is -0.353 e. The second kappa shape index (κ2) is 6.09. The third-order valence-corrected chi connectivity index (χ3v) is 6.22. The van der Waals surface area contributed by atoms with Crippen molar-refractivity contribution >= 4 is 17.2 Å². The molecule has 0 aromatic heterocycles. The van der Waals surface area contributed by atoms with Gasteiger partial charge in [-0.1, -0.05) is 92.1 Å². The Kier molecular flexibility index (Phi) is 3.94. The van der Waals surface area contributed by atoms with Crippen molar-refractivity contribution in [3.8, 4) is 0 Å². The summed E-state index contributed by atoms with van der Waals surface area (Å²) in [6, 6.07) is 22.2. The van der Waals surface area contributed by atoms with Crippen LogP contribution in [0.5, 0.6) is 0 Å². The quantitative estimate of drug-likeness (QED) is 0.685. The summed E-state index contributed by atoms with van der Waals surface area (Å²) in [6.07, 6.45) is 6.53. The lowest BCUT2D eigenvalue weighted by molar-refractivity contribution is 0.0460. The summed E-state index contributed by atoms with van der Waals surface area (Å²) in [5, 5.41) is 0. The van der Waals surface area contributed by atoms with Gasteiger partial charge in [-0.15, -0.1) is 0 Å². The average Bonchev–Trinajstić information content (AvgIpc) is 2.63. The van der Waals surface area contributed by atoms with Gasteiger partial charge >= 0.3 is 0 Å². The Morgan fingerprint density at radius 2 is 1.48 bits per heavy atom. The number of hydrogen-bond donors (Lipinski definition) is 0. The first-order valence-corrected chi connectivity index (χ1v) is 9.12. The molecule has 1 nitrogen and oxygen atoms in total. The normalized spacial score (nSPS) is 22.9. The molecule has 1 atom stereocenters. The van der Waals surface area contributed by atoms with E-state index in [0.29, 0.717) is 6.04 Å². The molecule has 2 aliphatic rings. The van der Waals surface area contributed by atoms with Gasteiger partial charge in [0.05, 0.1) is 11.0 Å². The fourth-order valence-electron chi connectivity index (χ4n) is 4.50. The van der Waals surface area contributed by atoms with Crippen LogP contribution in [0, 0.1) is 5.41 Å². The maximum atomic E-state index is 5.94. The summed E-state index contributed by atoms with van der Waals surface area (Å²) in [7, 11) is 0. The van der Waals surface area contributed by atoms with E-state index < -0.39 is 0 Å². The highest BCUT2D eigenvalue weighted by Gasteiger charge is 2.57. The monoisotopic (exact) mass is 321 g/mol. The minimum atomic E-state index is 0.240. The minimum absolute atomic E-state index is 0.240. The SMILES string of the molecule is S=C1N(Cc2ccccc2)C(c2ccccc2)C12CCCCC2. The van der Waals surface area contributed by atoms with Gasteiger partial charge in [0.15, 0.2) is 0 Å². The zero-order valence-electron chi connectivity index (χ0n) is 13.4. The Hall–Kier alpha value is -1.67. The largest absolute Gasteiger partial charge is 0.353 e. The second-order valence-corrected chi connectivity index (χ2v) is 7.34. The molecular formula is C21H23NS. The third kappa shape index (κ3) is 2.49. The predicted molar refractivity (Wildman–Crippen MR) is 99.3 cm³/mol. The van der Waals surface area contributed by atoms with Gasteiger partial charge < -0.3 is 4.90 Å². The molecular weight excluding hydrogens is 298 g/mol. The summed E-state index contributed by atoms with van der Waals surface area (Å²) >= 11 is 5.94. The highest BCUT2D eigenvalue weighted by molar-refractivity contribution is 7.80. The first-order valence-electron chi connectivity index (χ1n) is 8.71. The van der Waals surface area contributed by atoms with Crippen LogP contribution in [-0.4, -0.2) is 9.89 Å². The van der Waals surface area contributed by atoms with Gasteiger partial charge in [-0.3, -0.25) is 0 Å². The van der Waals surface area contributed by atoms with E-state index >= 15 is 0 Å². The van der Waals surface area contributed by atoms with Crippen LogP contribution in [0.25, 0.3) is 0 Å². The van der Waals surface area contributed by atoms with Crippen molar-refractivity contribution in [1.29, 1.82) is 0 Å². The Morgan fingerprint density at radius 3 is 2.13 bits per heavy atom. The lowest BCUT2D eigenvalue weighted by Crippen LogP contribution is -2.62. The summed E-state index contributed by atoms with van der Waals surface area (Å²) in [6.45, 7) is 0.932. The van der Waals surface area contributed by atoms with Crippen LogP contribution in [0.2, 0.25) is 0 Å². The van der Waals surface area contributed by atoms with Crippen LogP contribution < -0.4 is 0 Å². The van der Waals surface area contributed by atoms with Crippen LogP contribution in [0.1, 0.15) is 49.3 Å². The van der Waals surface area contributed by atoms with E-state index in [9.17, 15) is 0 Å². The van der Waals surface area contributed by atoms with Crippen molar-refractivity contribution in [3.05, 3.63) is 71.8 Å². The topological polar surface area (TPSA) is 3.24 Å². The van der Waals surface area contributed by atoms with Gasteiger partial charge in [-0.05, 0) is 24.0 Å². The van der Waals surface area contributed by atoms with Crippen LogP contribution in [0.4, 0.5) is 0 Å². The van der Waals surface area contributed by atoms with Gasteiger partial charge in [-0.25, -0.2) is 0 Å². The molecule has 1 saturated heterocycles. The van der Waals surface area contributed by atoms with Gasteiger partial charge in [0, 0.05) is 12.0 Å². The van der Waals surface area contributed by atoms with E-state index in [2.05, 4.69) is 65.6 Å². The standard InChI is InChI=1S/C21H23NS/c23-20-21(14-8-3-9-15-21)19(18-12-6-2-7-13-18)22(20)16-17-10-4-1-5-11-17/h1-2,4-7,10-13,19H,3,8-9,14-16H2. The molecule has 2 aromatic rings. The van der Waals surface area contributed by atoms with E-state index in [1.807, 2.05) is 0 Å². The molecule has 1 heterocycles. The van der Waals surface area contributed by atoms with E-state index in [1.165, 1.54) is 48.2 Å². The van der Waals surface area contributed by atoms with Crippen LogP contribution in [0.3, 0.4) is 0 Å². The molecule has 1 aliphatic heterocycles. The van der Waals surface area contributed by atoms with Crippen LogP contribution >= 0.6 is 12.2 Å². The van der Waals surface area contributed by atoms with Crippen LogP contribution in [0.15, 0.2) is 60.7 Å². The van der Waals surface area contributed by atoms with Crippen molar-refractivity contribution in [2.75, 3.05) is 0 Å². The third-order valence-electron chi connectivity index (χ3n) is 5.58. The van der Waals surface area contributed by atoms with Crippen molar-refractivity contribution in [1.82, 2.24) is 4.90 Å². The Morgan fingerprint density at radius 1 is 0.870 bits per heavy atom. The highest BCUT2D eigenvalue weighted by Crippen LogP contribution is 2.58. The molecule has 2 heteroatoms. The smallest absolute Gasteiger partial charge is 0.0874 e. The van der Waals surface area contributed by atoms with Crippen molar-refractivity contribution in [2.45, 2.75) is 44.7 Å². The number of thiocarbonyl (C=S) groups is 1. The number of nitrogens with zero attached hydrogens (tertiary/aromatic N) is 1. The maximum Gasteiger partial charge on any atom is 0.0874 e. The summed E-state index contributed by atoms with van der Waals surface area (Å²) in [5.41, 5.74) is 3.02. The summed E-state index contributed by atoms with van der Waals surface area (Å²) in [5.74, 6) is 0. The molecule has 23 heavy (non-hydrogen) atoms. The lowest BCUT2D eigenvalue weighted by Gasteiger charge is -2.61. The maximum absolute atomic E-state index is 5.94. The molecule has 1 unspecified atom stereocenters. The molecule has 1 spiro atoms. The zero-order chi connectivity index (χ0) is 15.7. The predicted octanol–water partition coefficient (Wildman–Crippen LogP) is 5.52. The molecule has 0 radical (unpaired) electrons. The Bertz CT molecular complexity index is 674. The van der Waals surface area contributed by atoms with Gasteiger partial charge in [0.2, 0.25) is 0 Å². The molecule has 0 bridgehead atoms. The van der Waals surface area contributed by atoms with Crippen molar-refractivity contribution < 1.29 is 0 Å². The zero-order valence-corrected chi connectivity index (χ0v) is 14.3. The van der Waals surface area contributed by atoms with Crippen molar-refractivity contribution in [2.24, 2.45) is 5.41 Å². The highest BCUT2D eigenvalue weighted by atomic mass is 32.1. The Balaban J connectivity index is 1.67. The molecule has 4 rings (SSSR count). The van der Waals surface area contributed by atoms with Gasteiger partial charge in [0.25, 0.3) is 0 Å². The number of hydrogen-bond acceptors (Lipinski definition) is 1. The fraction of sp³-hybridized carbons (Fsp3) is 0.381. The van der Waals surface area contributed by atoms with E-state index in [1.54, 1.807) is 0 Å². The molecule has 0 N–H and O–H groups in total. The van der Waals surface area contributed by atoms with E-state index in [4.69, 9.17) is 12.2 Å². The molecule has 2 aromatic carbocycles. The Labute approximate surface area is 144 Å². The van der Waals surface area contributed by atoms with Crippen LogP contribution in [-0.2, 0) is 6.54 Å². The van der Waals surface area contributed by atoms with E-state index in [0.717, 1.165) is 6.54 Å². The molecule has 1 saturated carbocycles. The lowest BCUT2D eigenvalue weighted by atomic mass is 9.60. The molecule has 0 amide bonds. The van der Waals surface area contributed by atoms with E-state index in [-0.39, 0.29) is 5.41 Å². The summed E-state index contributed by atoms with van der Waals surface area (Å²) in [4.78, 5) is 3.67. The van der Waals surface area contributed by atoms with Gasteiger partial charge in [-0.2, -0.15) is 0 Å². The number of benzene rings is 2. The molecule has 2 fully saturated rings. The van der Waals surface area contributed by atoms with Crippen molar-refractivity contribution in [3.63, 3.8) is 0 Å². The fourth-order valence-corrected chi connectivity index (χ4v) is 4.99. The molecule has 118 valence electrons. The number of likely N-dealkylation sites (tertiary alicyclic amines) is 1. The first kappa shape index (κ1) is 14.9. The number of rotatable bonds is 3. The summed E-state index contributed by atoms with van der Waals surface area (Å²) < 4.78 is 0. The average molecular weight is 321 g/mol.